The number of benzene rings is 2. The molecule has 0 bridgehead atoms. The highest BCUT2D eigenvalue weighted by molar-refractivity contribution is 6.36. The van der Waals surface area contributed by atoms with Gasteiger partial charge in [0.1, 0.15) is 11.5 Å². The molecule has 1 amide bonds. The summed E-state index contributed by atoms with van der Waals surface area (Å²) in [6, 6.07) is 14.8. The summed E-state index contributed by atoms with van der Waals surface area (Å²) in [5, 5.41) is 5.02. The second kappa shape index (κ2) is 8.42. The highest BCUT2D eigenvalue weighted by Crippen LogP contribution is 2.31. The first kappa shape index (κ1) is 19.2. The summed E-state index contributed by atoms with van der Waals surface area (Å²) in [4.78, 5) is 12.1. The summed E-state index contributed by atoms with van der Waals surface area (Å²) in [5.41, 5.74) is 6.44. The lowest BCUT2D eigenvalue weighted by Crippen LogP contribution is -2.20. The third-order valence-corrected chi connectivity index (χ3v) is 4.61. The Hall–Kier alpha value is -2.56. The molecule has 0 atom stereocenters. The van der Waals surface area contributed by atoms with Crippen LogP contribution in [-0.4, -0.2) is 12.1 Å². The molecule has 0 fully saturated rings. The summed E-state index contributed by atoms with van der Waals surface area (Å²) in [6.07, 6.45) is 1.73. The van der Waals surface area contributed by atoms with Crippen LogP contribution in [0.15, 0.2) is 58.0 Å². The van der Waals surface area contributed by atoms with Crippen molar-refractivity contribution in [3.05, 3.63) is 81.0 Å². The maximum absolute atomic E-state index is 12.1. The standard InChI is InChI=1S/C21H18Cl2N2O2/c1-13-3-4-14(2)15(9-13)10-21(26)25-24-12-17-6-8-20(27-17)18-7-5-16(22)11-19(18)23/h3-9,11-12H,10H2,1-2H3,(H,25,26)/b24-12-. The number of carbonyl (C=O) groups excluding carboxylic acids is 1. The van der Waals surface area contributed by atoms with Crippen LogP contribution in [0.3, 0.4) is 0 Å². The second-order valence-corrected chi connectivity index (χ2v) is 7.07. The molecule has 2 aromatic carbocycles. The van der Waals surface area contributed by atoms with Gasteiger partial charge in [-0.1, -0.05) is 47.0 Å². The van der Waals surface area contributed by atoms with Gasteiger partial charge >= 0.3 is 0 Å². The Morgan fingerprint density at radius 3 is 2.70 bits per heavy atom. The van der Waals surface area contributed by atoms with Crippen LogP contribution in [0.2, 0.25) is 10.0 Å². The van der Waals surface area contributed by atoms with Crippen LogP contribution in [-0.2, 0) is 11.2 Å². The zero-order valence-electron chi connectivity index (χ0n) is 14.9. The number of nitrogens with one attached hydrogen (secondary N) is 1. The molecule has 27 heavy (non-hydrogen) atoms. The van der Waals surface area contributed by atoms with E-state index in [2.05, 4.69) is 10.5 Å². The highest BCUT2D eigenvalue weighted by Gasteiger charge is 2.09. The van der Waals surface area contributed by atoms with Crippen LogP contribution in [0, 0.1) is 13.8 Å². The number of hydrogen-bond acceptors (Lipinski definition) is 3. The largest absolute Gasteiger partial charge is 0.455 e. The van der Waals surface area contributed by atoms with Gasteiger partial charge in [0.05, 0.1) is 17.7 Å². The van der Waals surface area contributed by atoms with E-state index in [9.17, 15) is 4.79 Å². The number of amides is 1. The van der Waals surface area contributed by atoms with Gasteiger partial charge in [0.25, 0.3) is 0 Å². The molecule has 1 N–H and O–H groups in total. The Morgan fingerprint density at radius 2 is 1.93 bits per heavy atom. The van der Waals surface area contributed by atoms with E-state index in [-0.39, 0.29) is 12.3 Å². The van der Waals surface area contributed by atoms with Crippen molar-refractivity contribution in [2.24, 2.45) is 5.10 Å². The van der Waals surface area contributed by atoms with E-state index >= 15 is 0 Å². The fourth-order valence-electron chi connectivity index (χ4n) is 2.63. The van der Waals surface area contributed by atoms with Crippen LogP contribution in [0.1, 0.15) is 22.5 Å². The first-order valence-electron chi connectivity index (χ1n) is 8.35. The molecule has 4 nitrogen and oxygen atoms in total. The molecule has 1 heterocycles. The zero-order valence-corrected chi connectivity index (χ0v) is 16.4. The first-order valence-corrected chi connectivity index (χ1v) is 9.11. The van der Waals surface area contributed by atoms with Crippen LogP contribution in [0.25, 0.3) is 11.3 Å². The van der Waals surface area contributed by atoms with Gasteiger partial charge < -0.3 is 4.42 Å². The molecule has 3 rings (SSSR count). The molecular formula is C21H18Cl2N2O2. The summed E-state index contributed by atoms with van der Waals surface area (Å²) >= 11 is 12.1. The highest BCUT2D eigenvalue weighted by atomic mass is 35.5. The van der Waals surface area contributed by atoms with Gasteiger partial charge in [-0.05, 0) is 55.3 Å². The zero-order chi connectivity index (χ0) is 19.4. The van der Waals surface area contributed by atoms with Crippen molar-refractivity contribution in [2.45, 2.75) is 20.3 Å². The lowest BCUT2D eigenvalue weighted by atomic mass is 10.0. The van der Waals surface area contributed by atoms with E-state index in [4.69, 9.17) is 27.6 Å². The number of aryl methyl sites for hydroxylation is 2. The molecule has 1 aromatic heterocycles. The van der Waals surface area contributed by atoms with Crippen molar-refractivity contribution in [3.63, 3.8) is 0 Å². The van der Waals surface area contributed by atoms with E-state index in [0.29, 0.717) is 21.6 Å². The number of hydrogen-bond donors (Lipinski definition) is 1. The number of rotatable bonds is 5. The van der Waals surface area contributed by atoms with Crippen molar-refractivity contribution in [3.8, 4) is 11.3 Å². The monoisotopic (exact) mass is 400 g/mol. The van der Waals surface area contributed by atoms with Crippen molar-refractivity contribution >= 4 is 35.3 Å². The summed E-state index contributed by atoms with van der Waals surface area (Å²) in [6.45, 7) is 3.98. The quantitative estimate of drug-likeness (QED) is 0.449. The summed E-state index contributed by atoms with van der Waals surface area (Å²) in [5.74, 6) is 0.912. The van der Waals surface area contributed by atoms with Gasteiger partial charge in [0.2, 0.25) is 5.91 Å². The Bertz CT molecular complexity index is 1010. The van der Waals surface area contributed by atoms with Crippen molar-refractivity contribution < 1.29 is 9.21 Å². The maximum Gasteiger partial charge on any atom is 0.244 e. The Balaban J connectivity index is 1.62. The molecule has 138 valence electrons. The maximum atomic E-state index is 12.1. The fraction of sp³-hybridized carbons (Fsp3) is 0.143. The number of halogens is 2. The Morgan fingerprint density at radius 1 is 1.11 bits per heavy atom. The predicted molar refractivity (Wildman–Crippen MR) is 110 cm³/mol. The first-order chi connectivity index (χ1) is 12.9. The lowest BCUT2D eigenvalue weighted by Gasteiger charge is -2.05. The number of hydrazone groups is 1. The number of nitrogens with zero attached hydrogens (tertiary/aromatic N) is 1. The average Bonchev–Trinajstić information content (AvgIpc) is 3.06. The normalized spacial score (nSPS) is 11.1. The van der Waals surface area contributed by atoms with Crippen LogP contribution >= 0.6 is 23.2 Å². The predicted octanol–water partition coefficient (Wildman–Crippen LogP) is 5.56. The molecular weight excluding hydrogens is 383 g/mol. The van der Waals surface area contributed by atoms with Crippen molar-refractivity contribution in [1.82, 2.24) is 5.43 Å². The van der Waals surface area contributed by atoms with Crippen molar-refractivity contribution in [1.29, 1.82) is 0 Å². The molecule has 0 radical (unpaired) electrons. The lowest BCUT2D eigenvalue weighted by molar-refractivity contribution is -0.120. The number of carbonyl (C=O) groups is 1. The SMILES string of the molecule is Cc1ccc(C)c(CC(=O)N/N=C\c2ccc(-c3ccc(Cl)cc3Cl)o2)c1. The molecule has 0 aliphatic heterocycles. The van der Waals surface area contributed by atoms with Crippen LogP contribution in [0.4, 0.5) is 0 Å². The third-order valence-electron chi connectivity index (χ3n) is 4.06. The molecule has 0 aliphatic rings. The Kier molecular flexibility index (Phi) is 5.99. The molecule has 0 saturated heterocycles. The minimum atomic E-state index is -0.188. The van der Waals surface area contributed by atoms with E-state index < -0.39 is 0 Å². The van der Waals surface area contributed by atoms with E-state index in [1.807, 2.05) is 32.0 Å². The Labute approximate surface area is 167 Å². The van der Waals surface area contributed by atoms with E-state index in [0.717, 1.165) is 22.3 Å². The molecule has 3 aromatic rings. The minimum Gasteiger partial charge on any atom is -0.455 e. The minimum absolute atomic E-state index is 0.188. The van der Waals surface area contributed by atoms with Gasteiger partial charge in [0, 0.05) is 10.6 Å². The van der Waals surface area contributed by atoms with E-state index in [1.165, 1.54) is 6.21 Å². The van der Waals surface area contributed by atoms with Gasteiger partial charge in [-0.15, -0.1) is 0 Å². The van der Waals surface area contributed by atoms with Crippen LogP contribution in [0.5, 0.6) is 0 Å². The van der Waals surface area contributed by atoms with Gasteiger partial charge in [-0.3, -0.25) is 4.79 Å². The molecule has 0 saturated carbocycles. The smallest absolute Gasteiger partial charge is 0.244 e. The molecule has 6 heteroatoms. The third kappa shape index (κ3) is 5.00. The van der Waals surface area contributed by atoms with Gasteiger partial charge in [-0.25, -0.2) is 5.43 Å². The summed E-state index contributed by atoms with van der Waals surface area (Å²) < 4.78 is 5.70. The van der Waals surface area contributed by atoms with Gasteiger partial charge in [-0.2, -0.15) is 5.10 Å². The van der Waals surface area contributed by atoms with Crippen molar-refractivity contribution in [2.75, 3.05) is 0 Å². The van der Waals surface area contributed by atoms with E-state index in [1.54, 1.807) is 30.3 Å². The summed E-state index contributed by atoms with van der Waals surface area (Å²) in [7, 11) is 0. The topological polar surface area (TPSA) is 54.6 Å². The average molecular weight is 401 g/mol. The van der Waals surface area contributed by atoms with Crippen LogP contribution < -0.4 is 5.43 Å². The molecule has 0 spiro atoms. The van der Waals surface area contributed by atoms with Gasteiger partial charge in [0.15, 0.2) is 0 Å². The second-order valence-electron chi connectivity index (χ2n) is 6.23. The molecule has 0 aliphatic carbocycles. The number of furan rings is 1. The molecule has 0 unspecified atom stereocenters. The fourth-order valence-corrected chi connectivity index (χ4v) is 3.13.